The Hall–Kier alpha value is -0.960. The standard InChI is InChI=1S/C16H22O2S/c1-12(2)19-14-8-6-13(7-9-14)16(15(17)18)10-4-3-5-11-16/h6-9,12H,3-5,10-11H2,1-2H3,(H,17,18). The number of hydrogen-bond acceptors (Lipinski definition) is 2. The molecule has 0 unspecified atom stereocenters. The molecule has 2 nitrogen and oxygen atoms in total. The monoisotopic (exact) mass is 278 g/mol. The Kier molecular flexibility index (Phi) is 4.56. The van der Waals surface area contributed by atoms with Crippen molar-refractivity contribution in [2.24, 2.45) is 0 Å². The van der Waals surface area contributed by atoms with Crippen LogP contribution in [0.2, 0.25) is 0 Å². The zero-order valence-corrected chi connectivity index (χ0v) is 12.5. The molecule has 1 fully saturated rings. The van der Waals surface area contributed by atoms with Crippen molar-refractivity contribution in [2.45, 2.75) is 61.5 Å². The molecule has 1 aliphatic carbocycles. The minimum absolute atomic E-state index is 0.550. The minimum Gasteiger partial charge on any atom is -0.481 e. The molecular weight excluding hydrogens is 256 g/mol. The van der Waals surface area contributed by atoms with E-state index in [1.165, 1.54) is 4.90 Å². The third-order valence-corrected chi connectivity index (χ3v) is 4.91. The van der Waals surface area contributed by atoms with Crippen molar-refractivity contribution in [3.8, 4) is 0 Å². The summed E-state index contributed by atoms with van der Waals surface area (Å²) in [5.41, 5.74) is 0.340. The van der Waals surface area contributed by atoms with E-state index in [9.17, 15) is 9.90 Å². The van der Waals surface area contributed by atoms with Gasteiger partial charge in [-0.25, -0.2) is 0 Å². The predicted octanol–water partition coefficient (Wildman–Crippen LogP) is 4.47. The van der Waals surface area contributed by atoms with Gasteiger partial charge in [0, 0.05) is 10.1 Å². The summed E-state index contributed by atoms with van der Waals surface area (Å²) in [5, 5.41) is 10.2. The molecular formula is C16H22O2S. The van der Waals surface area contributed by atoms with E-state index in [1.54, 1.807) is 0 Å². The van der Waals surface area contributed by atoms with Crippen LogP contribution in [0.4, 0.5) is 0 Å². The van der Waals surface area contributed by atoms with Crippen LogP contribution in [0.3, 0.4) is 0 Å². The van der Waals surface area contributed by atoms with E-state index in [0.29, 0.717) is 5.25 Å². The number of benzene rings is 1. The van der Waals surface area contributed by atoms with Crippen molar-refractivity contribution in [3.63, 3.8) is 0 Å². The van der Waals surface area contributed by atoms with Crippen molar-refractivity contribution in [2.75, 3.05) is 0 Å². The molecule has 1 aliphatic rings. The molecule has 1 aromatic rings. The SMILES string of the molecule is CC(C)Sc1ccc(C2(C(=O)O)CCCCC2)cc1. The van der Waals surface area contributed by atoms with Crippen molar-refractivity contribution in [1.82, 2.24) is 0 Å². The van der Waals surface area contributed by atoms with Crippen LogP contribution in [-0.2, 0) is 10.2 Å². The fourth-order valence-corrected chi connectivity index (χ4v) is 3.74. The minimum atomic E-state index is -0.656. The lowest BCUT2D eigenvalue weighted by Gasteiger charge is -2.33. The summed E-state index contributed by atoms with van der Waals surface area (Å²) in [6.45, 7) is 4.33. The number of carboxylic acid groups (broad SMARTS) is 1. The van der Waals surface area contributed by atoms with Crippen molar-refractivity contribution in [3.05, 3.63) is 29.8 Å². The zero-order valence-electron chi connectivity index (χ0n) is 11.7. The summed E-state index contributed by atoms with van der Waals surface area (Å²) >= 11 is 1.81. The maximum Gasteiger partial charge on any atom is 0.314 e. The summed E-state index contributed by atoms with van der Waals surface area (Å²) in [5.74, 6) is -0.656. The maximum atomic E-state index is 11.7. The quantitative estimate of drug-likeness (QED) is 0.825. The highest BCUT2D eigenvalue weighted by atomic mass is 32.2. The molecule has 1 saturated carbocycles. The van der Waals surface area contributed by atoms with Gasteiger partial charge in [0.05, 0.1) is 5.41 Å². The van der Waals surface area contributed by atoms with Gasteiger partial charge >= 0.3 is 5.97 Å². The summed E-state index contributed by atoms with van der Waals surface area (Å²) in [6, 6.07) is 8.17. The smallest absolute Gasteiger partial charge is 0.314 e. The molecule has 19 heavy (non-hydrogen) atoms. The maximum absolute atomic E-state index is 11.7. The molecule has 2 rings (SSSR count). The average molecular weight is 278 g/mol. The molecule has 1 N–H and O–H groups in total. The second kappa shape index (κ2) is 6.00. The summed E-state index contributed by atoms with van der Waals surface area (Å²) in [4.78, 5) is 13.0. The normalized spacial score (nSPS) is 18.5. The highest BCUT2D eigenvalue weighted by Gasteiger charge is 2.41. The molecule has 104 valence electrons. The van der Waals surface area contributed by atoms with Gasteiger partial charge in [-0.15, -0.1) is 11.8 Å². The van der Waals surface area contributed by atoms with Crippen LogP contribution in [0.1, 0.15) is 51.5 Å². The van der Waals surface area contributed by atoms with Crippen molar-refractivity contribution >= 4 is 17.7 Å². The number of aliphatic carboxylic acids is 1. The van der Waals surface area contributed by atoms with E-state index >= 15 is 0 Å². The van der Waals surface area contributed by atoms with Gasteiger partial charge < -0.3 is 5.11 Å². The molecule has 0 radical (unpaired) electrons. The van der Waals surface area contributed by atoms with Crippen LogP contribution in [0.15, 0.2) is 29.2 Å². The molecule has 0 bridgehead atoms. The predicted molar refractivity (Wildman–Crippen MR) is 79.8 cm³/mol. The first-order valence-electron chi connectivity index (χ1n) is 7.05. The fraction of sp³-hybridized carbons (Fsp3) is 0.562. The topological polar surface area (TPSA) is 37.3 Å². The van der Waals surface area contributed by atoms with Crippen LogP contribution < -0.4 is 0 Å². The Labute approximate surface area is 119 Å². The first-order valence-corrected chi connectivity index (χ1v) is 7.93. The summed E-state index contributed by atoms with van der Waals surface area (Å²) < 4.78 is 0. The van der Waals surface area contributed by atoms with E-state index in [1.807, 2.05) is 23.9 Å². The van der Waals surface area contributed by atoms with Crippen LogP contribution in [0.5, 0.6) is 0 Å². The van der Waals surface area contributed by atoms with Gasteiger partial charge in [-0.2, -0.15) is 0 Å². The largest absolute Gasteiger partial charge is 0.481 e. The van der Waals surface area contributed by atoms with Crippen molar-refractivity contribution in [1.29, 1.82) is 0 Å². The average Bonchev–Trinajstić information content (AvgIpc) is 2.39. The second-order valence-corrected chi connectivity index (χ2v) is 7.29. The lowest BCUT2D eigenvalue weighted by molar-refractivity contribution is -0.145. The third-order valence-electron chi connectivity index (χ3n) is 3.90. The second-order valence-electron chi connectivity index (χ2n) is 5.64. The van der Waals surface area contributed by atoms with Crippen LogP contribution in [-0.4, -0.2) is 16.3 Å². The molecule has 0 amide bonds. The Balaban J connectivity index is 2.25. The third kappa shape index (κ3) is 3.14. The molecule has 1 aromatic carbocycles. The van der Waals surface area contributed by atoms with Gasteiger partial charge in [-0.3, -0.25) is 4.79 Å². The number of carboxylic acids is 1. The van der Waals surface area contributed by atoms with Gasteiger partial charge in [0.15, 0.2) is 0 Å². The molecule has 0 spiro atoms. The van der Waals surface area contributed by atoms with E-state index in [-0.39, 0.29) is 0 Å². The number of hydrogen-bond donors (Lipinski definition) is 1. The van der Waals surface area contributed by atoms with Gasteiger partial charge in [0.2, 0.25) is 0 Å². The molecule has 0 aliphatic heterocycles. The lowest BCUT2D eigenvalue weighted by atomic mass is 9.69. The van der Waals surface area contributed by atoms with Crippen LogP contribution in [0.25, 0.3) is 0 Å². The first-order chi connectivity index (χ1) is 9.04. The Morgan fingerprint density at radius 1 is 1.16 bits per heavy atom. The molecule has 3 heteroatoms. The summed E-state index contributed by atoms with van der Waals surface area (Å²) in [7, 11) is 0. The first kappa shape index (κ1) is 14.4. The molecule has 0 atom stereocenters. The number of rotatable bonds is 4. The fourth-order valence-electron chi connectivity index (χ4n) is 2.91. The Morgan fingerprint density at radius 3 is 2.21 bits per heavy atom. The Bertz CT molecular complexity index is 431. The highest BCUT2D eigenvalue weighted by molar-refractivity contribution is 7.99. The van der Waals surface area contributed by atoms with Gasteiger partial charge in [-0.05, 0) is 30.5 Å². The number of carbonyl (C=O) groups is 1. The van der Waals surface area contributed by atoms with E-state index in [2.05, 4.69) is 26.0 Å². The van der Waals surface area contributed by atoms with Crippen LogP contribution >= 0.6 is 11.8 Å². The lowest BCUT2D eigenvalue weighted by Crippen LogP contribution is -2.37. The van der Waals surface area contributed by atoms with Gasteiger partial charge in [0.25, 0.3) is 0 Å². The van der Waals surface area contributed by atoms with Gasteiger partial charge in [0.1, 0.15) is 0 Å². The van der Waals surface area contributed by atoms with Crippen molar-refractivity contribution < 1.29 is 9.90 Å². The highest BCUT2D eigenvalue weighted by Crippen LogP contribution is 2.40. The zero-order chi connectivity index (χ0) is 13.9. The summed E-state index contributed by atoms with van der Waals surface area (Å²) in [6.07, 6.45) is 4.76. The Morgan fingerprint density at radius 2 is 1.74 bits per heavy atom. The van der Waals surface area contributed by atoms with E-state index < -0.39 is 11.4 Å². The van der Waals surface area contributed by atoms with E-state index in [4.69, 9.17) is 0 Å². The molecule has 0 aromatic heterocycles. The molecule has 0 saturated heterocycles. The number of thioether (sulfide) groups is 1. The van der Waals surface area contributed by atoms with Crippen LogP contribution in [0, 0.1) is 0 Å². The molecule has 0 heterocycles. The van der Waals surface area contributed by atoms with E-state index in [0.717, 1.165) is 37.7 Å². The van der Waals surface area contributed by atoms with Gasteiger partial charge in [-0.1, -0.05) is 45.2 Å².